The lowest BCUT2D eigenvalue weighted by molar-refractivity contribution is 0.0709. The third-order valence-corrected chi connectivity index (χ3v) is 5.06. The molecule has 4 heterocycles. The summed E-state index contributed by atoms with van der Waals surface area (Å²) in [5.41, 5.74) is 1.80. The van der Waals surface area contributed by atoms with Crippen molar-refractivity contribution in [3.05, 3.63) is 66.6 Å². The number of anilines is 1. The van der Waals surface area contributed by atoms with Gasteiger partial charge in [-0.3, -0.25) is 4.79 Å². The highest BCUT2D eigenvalue weighted by Crippen LogP contribution is 2.22. The van der Waals surface area contributed by atoms with Gasteiger partial charge in [-0.15, -0.1) is 0 Å². The van der Waals surface area contributed by atoms with Crippen molar-refractivity contribution in [1.29, 1.82) is 0 Å². The molecule has 5 heteroatoms. The second-order valence-corrected chi connectivity index (χ2v) is 6.58. The van der Waals surface area contributed by atoms with Crippen LogP contribution in [0.4, 0.5) is 5.82 Å². The number of fused-ring (bicyclic) bond motifs is 1. The van der Waals surface area contributed by atoms with Gasteiger partial charge in [0.15, 0.2) is 0 Å². The lowest BCUT2D eigenvalue weighted by Crippen LogP contribution is -2.45. The molecule has 1 aliphatic rings. The van der Waals surface area contributed by atoms with E-state index in [0.29, 0.717) is 0 Å². The molecule has 3 aromatic heterocycles. The first kappa shape index (κ1) is 15.7. The first-order chi connectivity index (χ1) is 12.2. The summed E-state index contributed by atoms with van der Waals surface area (Å²) < 4.78 is 1.99. The largest absolute Gasteiger partial charge is 0.356 e. The fraction of sp³-hybridized carbons (Fsp3) is 0.300. The normalized spacial score (nSPS) is 15.5. The highest BCUT2D eigenvalue weighted by Gasteiger charge is 2.26. The van der Waals surface area contributed by atoms with Gasteiger partial charge in [-0.05, 0) is 43.2 Å². The van der Waals surface area contributed by atoms with Crippen molar-refractivity contribution in [1.82, 2.24) is 14.3 Å². The minimum absolute atomic E-state index is 0.0972. The molecule has 1 saturated heterocycles. The zero-order valence-corrected chi connectivity index (χ0v) is 14.4. The van der Waals surface area contributed by atoms with E-state index in [4.69, 9.17) is 0 Å². The predicted molar refractivity (Wildman–Crippen MR) is 99.0 cm³/mol. The minimum atomic E-state index is 0.0972. The molecule has 0 aliphatic carbocycles. The number of rotatable bonds is 3. The summed E-state index contributed by atoms with van der Waals surface area (Å²) in [6.45, 7) is 1.86. The summed E-state index contributed by atoms with van der Waals surface area (Å²) >= 11 is 0. The minimum Gasteiger partial charge on any atom is -0.356 e. The van der Waals surface area contributed by atoms with E-state index in [9.17, 15) is 4.79 Å². The lowest BCUT2D eigenvalue weighted by atomic mass is 10.0. The van der Waals surface area contributed by atoms with E-state index in [1.807, 2.05) is 77.4 Å². The number of hydrogen-bond donors (Lipinski definition) is 0. The van der Waals surface area contributed by atoms with E-state index >= 15 is 0 Å². The molecule has 0 N–H and O–H groups in total. The Morgan fingerprint density at radius 1 is 1.16 bits per heavy atom. The van der Waals surface area contributed by atoms with Gasteiger partial charge in [0.2, 0.25) is 0 Å². The van der Waals surface area contributed by atoms with E-state index in [-0.39, 0.29) is 11.9 Å². The molecule has 4 rings (SSSR count). The third-order valence-electron chi connectivity index (χ3n) is 5.06. The van der Waals surface area contributed by atoms with Gasteiger partial charge < -0.3 is 14.2 Å². The molecular formula is C20H22N4O. The van der Waals surface area contributed by atoms with E-state index < -0.39 is 0 Å². The molecule has 0 spiro atoms. The van der Waals surface area contributed by atoms with Crippen molar-refractivity contribution in [3.8, 4) is 0 Å². The zero-order valence-electron chi connectivity index (χ0n) is 14.4. The molecular weight excluding hydrogens is 312 g/mol. The molecule has 128 valence electrons. The van der Waals surface area contributed by atoms with Crippen LogP contribution >= 0.6 is 0 Å². The first-order valence-corrected chi connectivity index (χ1v) is 8.72. The molecule has 3 aromatic rings. The Morgan fingerprint density at radius 3 is 2.68 bits per heavy atom. The highest BCUT2D eigenvalue weighted by molar-refractivity contribution is 5.95. The number of amides is 1. The van der Waals surface area contributed by atoms with Gasteiger partial charge >= 0.3 is 0 Å². The van der Waals surface area contributed by atoms with Crippen LogP contribution in [-0.4, -0.2) is 46.4 Å². The molecule has 25 heavy (non-hydrogen) atoms. The number of carbonyl (C=O) groups excluding carboxylic acids is 1. The van der Waals surface area contributed by atoms with Crippen molar-refractivity contribution in [3.63, 3.8) is 0 Å². The summed E-state index contributed by atoms with van der Waals surface area (Å²) in [4.78, 5) is 21.5. The van der Waals surface area contributed by atoms with Crippen LogP contribution in [0.15, 0.2) is 61.1 Å². The van der Waals surface area contributed by atoms with Crippen LogP contribution in [0.2, 0.25) is 0 Å². The van der Waals surface area contributed by atoms with Gasteiger partial charge in [-0.1, -0.05) is 12.1 Å². The van der Waals surface area contributed by atoms with Gasteiger partial charge in [0.05, 0.1) is 5.56 Å². The van der Waals surface area contributed by atoms with Crippen LogP contribution < -0.4 is 4.90 Å². The Morgan fingerprint density at radius 2 is 1.96 bits per heavy atom. The molecule has 1 aliphatic heterocycles. The van der Waals surface area contributed by atoms with Gasteiger partial charge in [0.1, 0.15) is 5.82 Å². The smallest absolute Gasteiger partial charge is 0.255 e. The van der Waals surface area contributed by atoms with Crippen LogP contribution in [-0.2, 0) is 0 Å². The fourth-order valence-electron chi connectivity index (χ4n) is 3.56. The zero-order chi connectivity index (χ0) is 17.2. The fourth-order valence-corrected chi connectivity index (χ4v) is 3.56. The SMILES string of the molecule is CN(C(=O)c1cc2ccccn2c1)C1CCN(c2ccccn2)CC1. The number of hydrogen-bond acceptors (Lipinski definition) is 3. The average molecular weight is 334 g/mol. The van der Waals surface area contributed by atoms with Gasteiger partial charge in [-0.2, -0.15) is 0 Å². The van der Waals surface area contributed by atoms with E-state index in [0.717, 1.165) is 42.8 Å². The molecule has 0 aromatic carbocycles. The second kappa shape index (κ2) is 6.59. The molecule has 0 saturated carbocycles. The molecule has 1 fully saturated rings. The maximum Gasteiger partial charge on any atom is 0.255 e. The maximum absolute atomic E-state index is 12.9. The Balaban J connectivity index is 1.43. The standard InChI is InChI=1S/C20H22N4O/c1-22(20(25)16-14-18-6-3-5-11-24(18)15-16)17-8-12-23(13-9-17)19-7-2-4-10-21-19/h2-7,10-11,14-15,17H,8-9,12-13H2,1H3. The third kappa shape index (κ3) is 3.09. The van der Waals surface area contributed by atoms with E-state index in [1.165, 1.54) is 0 Å². The Kier molecular flexibility index (Phi) is 4.14. The Hall–Kier alpha value is -2.82. The average Bonchev–Trinajstić information content (AvgIpc) is 3.12. The summed E-state index contributed by atoms with van der Waals surface area (Å²) in [5.74, 6) is 1.12. The summed E-state index contributed by atoms with van der Waals surface area (Å²) in [6, 6.07) is 14.2. The number of piperidine rings is 1. The molecule has 0 bridgehead atoms. The van der Waals surface area contributed by atoms with E-state index in [1.54, 1.807) is 0 Å². The quantitative estimate of drug-likeness (QED) is 0.739. The predicted octanol–water partition coefficient (Wildman–Crippen LogP) is 3.08. The van der Waals surface area contributed by atoms with Gasteiger partial charge in [-0.25, -0.2) is 4.98 Å². The first-order valence-electron chi connectivity index (χ1n) is 8.72. The highest BCUT2D eigenvalue weighted by atomic mass is 16.2. The number of carbonyl (C=O) groups is 1. The van der Waals surface area contributed by atoms with Crippen LogP contribution in [0.5, 0.6) is 0 Å². The van der Waals surface area contributed by atoms with Crippen molar-refractivity contribution in [2.45, 2.75) is 18.9 Å². The Labute approximate surface area is 147 Å². The molecule has 0 radical (unpaired) electrons. The van der Waals surface area contributed by atoms with E-state index in [2.05, 4.69) is 9.88 Å². The van der Waals surface area contributed by atoms with Crippen molar-refractivity contribution >= 4 is 17.2 Å². The Bertz CT molecular complexity index is 833. The van der Waals surface area contributed by atoms with Crippen LogP contribution in [0.1, 0.15) is 23.2 Å². The summed E-state index contributed by atoms with van der Waals surface area (Å²) in [6.07, 6.45) is 7.64. The topological polar surface area (TPSA) is 40.9 Å². The second-order valence-electron chi connectivity index (χ2n) is 6.58. The van der Waals surface area contributed by atoms with Gasteiger partial charge in [0.25, 0.3) is 5.91 Å². The molecule has 0 unspecified atom stereocenters. The molecule has 1 amide bonds. The maximum atomic E-state index is 12.9. The van der Waals surface area contributed by atoms with Crippen LogP contribution in [0.3, 0.4) is 0 Å². The number of aromatic nitrogens is 2. The monoisotopic (exact) mass is 334 g/mol. The van der Waals surface area contributed by atoms with Crippen molar-refractivity contribution < 1.29 is 4.79 Å². The summed E-state index contributed by atoms with van der Waals surface area (Å²) in [5, 5.41) is 0. The van der Waals surface area contributed by atoms with Gasteiger partial charge in [0, 0.05) is 50.3 Å². The van der Waals surface area contributed by atoms with Crippen molar-refractivity contribution in [2.75, 3.05) is 25.0 Å². The van der Waals surface area contributed by atoms with Crippen LogP contribution in [0.25, 0.3) is 5.52 Å². The molecule has 0 atom stereocenters. The van der Waals surface area contributed by atoms with Crippen LogP contribution in [0, 0.1) is 0 Å². The lowest BCUT2D eigenvalue weighted by Gasteiger charge is -2.37. The number of nitrogens with zero attached hydrogens (tertiary/aromatic N) is 4. The summed E-state index contributed by atoms with van der Waals surface area (Å²) in [7, 11) is 1.92. The molecule has 5 nitrogen and oxygen atoms in total. The van der Waals surface area contributed by atoms with Crippen molar-refractivity contribution in [2.24, 2.45) is 0 Å². The number of pyridine rings is 2.